The van der Waals surface area contributed by atoms with Crippen molar-refractivity contribution in [2.24, 2.45) is 0 Å². The maximum Gasteiger partial charge on any atom is 0.252 e. The zero-order valence-electron chi connectivity index (χ0n) is 10.4. The molecule has 0 aromatic heterocycles. The van der Waals surface area contributed by atoms with Gasteiger partial charge in [-0.15, -0.1) is 0 Å². The van der Waals surface area contributed by atoms with E-state index in [1.165, 1.54) is 24.4 Å². The maximum absolute atomic E-state index is 5.75. The molecular weight excluding hydrogens is 214 g/mol. The van der Waals surface area contributed by atoms with Gasteiger partial charge in [0.05, 0.1) is 0 Å². The summed E-state index contributed by atoms with van der Waals surface area (Å²) < 4.78 is 5.75. The normalized spacial score (nSPS) is 12.6. The first-order valence-electron chi connectivity index (χ1n) is 6.25. The second kappa shape index (κ2) is 8.50. The average molecular weight is 237 g/mol. The molecule has 16 heavy (non-hydrogen) atoms. The Kier molecular flexibility index (Phi) is 7.13. The van der Waals surface area contributed by atoms with E-state index >= 15 is 0 Å². The van der Waals surface area contributed by atoms with E-state index in [0.29, 0.717) is 0 Å². The molecule has 0 aliphatic heterocycles. The third-order valence-corrected chi connectivity index (χ3v) is 5.11. The molecule has 1 unspecified atom stereocenters. The van der Waals surface area contributed by atoms with Gasteiger partial charge >= 0.3 is 0 Å². The molecule has 0 radical (unpaired) electrons. The summed E-state index contributed by atoms with van der Waals surface area (Å²) in [4.78, 5) is 3.49. The average Bonchev–Trinajstić information content (AvgIpc) is 2.31. The van der Waals surface area contributed by atoms with Crippen LogP contribution >= 0.6 is 0 Å². The molecule has 0 fully saturated rings. The van der Waals surface area contributed by atoms with Crippen LogP contribution in [0.25, 0.3) is 0 Å². The van der Waals surface area contributed by atoms with Gasteiger partial charge in [0, 0.05) is 6.61 Å². The Labute approximate surface area is 101 Å². The van der Waals surface area contributed by atoms with Gasteiger partial charge in [-0.25, -0.2) is 0 Å². The molecule has 0 saturated heterocycles. The van der Waals surface area contributed by atoms with Crippen molar-refractivity contribution in [2.75, 3.05) is 13.2 Å². The lowest BCUT2D eigenvalue weighted by molar-refractivity contribution is 0.332. The van der Waals surface area contributed by atoms with Crippen LogP contribution < -0.4 is 4.98 Å². The molecule has 1 N–H and O–H groups in total. The maximum atomic E-state index is 5.75. The molecule has 0 amide bonds. The molecule has 1 aromatic rings. The quantitative estimate of drug-likeness (QED) is 0.701. The number of hydrogen-bond donors (Lipinski definition) is 1. The van der Waals surface area contributed by atoms with E-state index in [-0.39, 0.29) is 0 Å². The highest BCUT2D eigenvalue weighted by Crippen LogP contribution is 2.06. The highest BCUT2D eigenvalue weighted by atomic mass is 28.3. The number of aryl methyl sites for hydroxylation is 1. The summed E-state index contributed by atoms with van der Waals surface area (Å²) in [5.74, 6) is 0. The topological polar surface area (TPSA) is 21.3 Å². The molecule has 0 heterocycles. The first-order chi connectivity index (χ1) is 7.86. The largest absolute Gasteiger partial charge is 0.406 e. The minimum absolute atomic E-state index is 0.842. The summed E-state index contributed by atoms with van der Waals surface area (Å²) >= 11 is 0. The molecule has 1 rings (SSSR count). The van der Waals surface area contributed by atoms with Gasteiger partial charge in [-0.05, 0) is 37.9 Å². The second-order valence-corrected chi connectivity index (χ2v) is 6.18. The van der Waals surface area contributed by atoms with E-state index in [9.17, 15) is 0 Å². The fraction of sp³-hybridized carbons (Fsp3) is 0.538. The van der Waals surface area contributed by atoms with Crippen LogP contribution in [0.3, 0.4) is 0 Å². The Morgan fingerprint density at radius 2 is 1.94 bits per heavy atom. The van der Waals surface area contributed by atoms with Crippen LogP contribution in [0.1, 0.15) is 25.8 Å². The van der Waals surface area contributed by atoms with Crippen molar-refractivity contribution < 1.29 is 4.43 Å². The van der Waals surface area contributed by atoms with Crippen LogP contribution in [0.5, 0.6) is 0 Å². The summed E-state index contributed by atoms with van der Waals surface area (Å²) in [5.41, 5.74) is 1.43. The first kappa shape index (κ1) is 13.4. The fourth-order valence-electron chi connectivity index (χ4n) is 1.81. The Hall–Kier alpha value is -0.643. The lowest BCUT2D eigenvalue weighted by atomic mass is 10.1. The summed E-state index contributed by atoms with van der Waals surface area (Å²) in [6.45, 7) is 6.10. The molecule has 0 aliphatic rings. The smallest absolute Gasteiger partial charge is 0.252 e. The number of hydrogen-bond acceptors (Lipinski definition) is 2. The van der Waals surface area contributed by atoms with Gasteiger partial charge < -0.3 is 9.41 Å². The van der Waals surface area contributed by atoms with Crippen LogP contribution in [0.2, 0.25) is 6.04 Å². The lowest BCUT2D eigenvalue weighted by Gasteiger charge is -2.15. The van der Waals surface area contributed by atoms with Crippen LogP contribution in [-0.4, -0.2) is 22.4 Å². The van der Waals surface area contributed by atoms with Crippen molar-refractivity contribution >= 4 is 9.20 Å². The monoisotopic (exact) mass is 237 g/mol. The van der Waals surface area contributed by atoms with Gasteiger partial charge in [-0.3, -0.25) is 0 Å². The molecule has 0 saturated carbocycles. The summed E-state index contributed by atoms with van der Waals surface area (Å²) in [7, 11) is -1.12. The zero-order chi connectivity index (χ0) is 11.6. The summed E-state index contributed by atoms with van der Waals surface area (Å²) in [6, 6.07) is 11.9. The zero-order valence-corrected chi connectivity index (χ0v) is 11.6. The summed E-state index contributed by atoms with van der Waals surface area (Å²) in [6.07, 6.45) is 2.40. The number of nitrogens with one attached hydrogen (secondary N) is 1. The highest BCUT2D eigenvalue weighted by Gasteiger charge is 2.09. The Morgan fingerprint density at radius 1 is 1.19 bits per heavy atom. The molecular formula is C13H23NOSi. The van der Waals surface area contributed by atoms with Crippen molar-refractivity contribution in [1.29, 1.82) is 0 Å². The molecule has 1 aromatic carbocycles. The fourth-order valence-corrected chi connectivity index (χ4v) is 3.73. The molecule has 0 spiro atoms. The molecule has 2 nitrogen and oxygen atoms in total. The second-order valence-electron chi connectivity index (χ2n) is 3.88. The summed E-state index contributed by atoms with van der Waals surface area (Å²) in [5, 5.41) is 0. The molecule has 0 bridgehead atoms. The minimum Gasteiger partial charge on any atom is -0.406 e. The third kappa shape index (κ3) is 5.44. The van der Waals surface area contributed by atoms with Gasteiger partial charge in [-0.1, -0.05) is 37.3 Å². The van der Waals surface area contributed by atoms with Gasteiger partial charge in [0.15, 0.2) is 0 Å². The van der Waals surface area contributed by atoms with Crippen molar-refractivity contribution in [1.82, 2.24) is 4.98 Å². The van der Waals surface area contributed by atoms with E-state index in [0.717, 1.165) is 13.2 Å². The molecule has 1 atom stereocenters. The van der Waals surface area contributed by atoms with Gasteiger partial charge in [-0.2, -0.15) is 0 Å². The standard InChI is InChI=1S/C13H23NOSi/c1-3-14-16(15-4-2)12-8-11-13-9-6-5-7-10-13/h5-7,9-10,14,16H,3-4,8,11-12H2,1-2H3. The van der Waals surface area contributed by atoms with Crippen LogP contribution in [0.4, 0.5) is 0 Å². The van der Waals surface area contributed by atoms with E-state index in [1.807, 2.05) is 0 Å². The van der Waals surface area contributed by atoms with Crippen molar-refractivity contribution in [3.05, 3.63) is 35.9 Å². The van der Waals surface area contributed by atoms with Gasteiger partial charge in [0.25, 0.3) is 9.20 Å². The minimum atomic E-state index is -1.12. The molecule has 0 aliphatic carbocycles. The predicted molar refractivity (Wildman–Crippen MR) is 72.0 cm³/mol. The Bertz CT molecular complexity index is 260. The molecule has 3 heteroatoms. The Balaban J connectivity index is 2.22. The van der Waals surface area contributed by atoms with Crippen molar-refractivity contribution in [3.8, 4) is 0 Å². The van der Waals surface area contributed by atoms with Gasteiger partial charge in [0.2, 0.25) is 0 Å². The van der Waals surface area contributed by atoms with Crippen molar-refractivity contribution in [3.63, 3.8) is 0 Å². The van der Waals surface area contributed by atoms with Gasteiger partial charge in [0.1, 0.15) is 0 Å². The van der Waals surface area contributed by atoms with E-state index < -0.39 is 9.20 Å². The van der Waals surface area contributed by atoms with Crippen LogP contribution in [0, 0.1) is 0 Å². The van der Waals surface area contributed by atoms with Crippen LogP contribution in [0.15, 0.2) is 30.3 Å². The highest BCUT2D eigenvalue weighted by molar-refractivity contribution is 6.48. The SMILES string of the molecule is CCN[SiH](CCCc1ccccc1)OCC. The van der Waals surface area contributed by atoms with Crippen molar-refractivity contribution in [2.45, 2.75) is 32.7 Å². The van der Waals surface area contributed by atoms with Crippen LogP contribution in [-0.2, 0) is 10.8 Å². The van der Waals surface area contributed by atoms with E-state index in [2.05, 4.69) is 49.2 Å². The van der Waals surface area contributed by atoms with E-state index in [4.69, 9.17) is 4.43 Å². The molecule has 90 valence electrons. The number of rotatable bonds is 8. The van der Waals surface area contributed by atoms with E-state index in [1.54, 1.807) is 0 Å². The third-order valence-electron chi connectivity index (χ3n) is 2.57. The number of benzene rings is 1. The lowest BCUT2D eigenvalue weighted by Crippen LogP contribution is -2.36. The predicted octanol–water partition coefficient (Wildman–Crippen LogP) is 2.49. The Morgan fingerprint density at radius 3 is 2.56 bits per heavy atom. The first-order valence-corrected chi connectivity index (χ1v) is 8.12.